The third kappa shape index (κ3) is 4.62. The van der Waals surface area contributed by atoms with Crippen LogP contribution >= 0.6 is 0 Å². The fraction of sp³-hybridized carbons (Fsp3) is 0.281. The van der Waals surface area contributed by atoms with E-state index in [9.17, 15) is 9.59 Å². The average Bonchev–Trinajstić information content (AvgIpc) is 3.29. The molecule has 0 amide bonds. The molecule has 3 aromatic carbocycles. The second-order valence-electron chi connectivity index (χ2n) is 9.62. The quantitative estimate of drug-likeness (QED) is 0.211. The molecular weight excluding hydrogens is 474 g/mol. The third-order valence-electron chi connectivity index (χ3n) is 7.09. The average molecular weight is 508 g/mol. The zero-order valence-corrected chi connectivity index (χ0v) is 22.2. The van der Waals surface area contributed by atoms with Crippen molar-refractivity contribution >= 4 is 27.9 Å². The van der Waals surface area contributed by atoms with E-state index in [-0.39, 0.29) is 5.56 Å². The van der Waals surface area contributed by atoms with Gasteiger partial charge in [0.25, 0.3) is 5.56 Å². The largest absolute Gasteiger partial charge is 0.465 e. The number of esters is 1. The minimum atomic E-state index is -0.505. The Morgan fingerprint density at radius 3 is 2.29 bits per heavy atom. The molecule has 5 aromatic rings. The number of carbonyl (C=O) groups excluding carboxylic acids is 1. The second-order valence-corrected chi connectivity index (χ2v) is 9.62. The molecule has 0 fully saturated rings. The number of unbranched alkanes of at least 4 members (excludes halogenated alkanes) is 1. The Kier molecular flexibility index (Phi) is 7.40. The van der Waals surface area contributed by atoms with Gasteiger partial charge in [-0.05, 0) is 42.2 Å². The van der Waals surface area contributed by atoms with Crippen molar-refractivity contribution < 1.29 is 9.53 Å². The maximum Gasteiger partial charge on any atom is 0.339 e. The summed E-state index contributed by atoms with van der Waals surface area (Å²) in [6.07, 6.45) is 3.76. The van der Waals surface area contributed by atoms with E-state index < -0.39 is 5.97 Å². The highest BCUT2D eigenvalue weighted by Gasteiger charge is 2.23. The first kappa shape index (κ1) is 25.5. The number of hydrogen-bond donors (Lipinski definition) is 0. The number of methoxy groups -OCH3 is 1. The minimum absolute atomic E-state index is 0.170. The number of nitrogens with zero attached hydrogens (tertiary/aromatic N) is 3. The van der Waals surface area contributed by atoms with Crippen LogP contribution in [0.25, 0.3) is 33.1 Å². The number of hydrogen-bond acceptors (Lipinski definition) is 4. The second kappa shape index (κ2) is 11.1. The molecule has 0 saturated carbocycles. The van der Waals surface area contributed by atoms with Crippen molar-refractivity contribution in [3.63, 3.8) is 0 Å². The number of ether oxygens (including phenoxy) is 1. The van der Waals surface area contributed by atoms with Gasteiger partial charge >= 0.3 is 5.97 Å². The van der Waals surface area contributed by atoms with Crippen LogP contribution in [0.4, 0.5) is 0 Å². The molecule has 0 bridgehead atoms. The number of rotatable bonds is 9. The molecule has 2 heterocycles. The van der Waals surface area contributed by atoms with Crippen LogP contribution in [0, 0.1) is 0 Å². The predicted octanol–water partition coefficient (Wildman–Crippen LogP) is 6.61. The van der Waals surface area contributed by atoms with Crippen LogP contribution in [0.3, 0.4) is 0 Å². The van der Waals surface area contributed by atoms with Crippen molar-refractivity contribution in [1.82, 2.24) is 14.1 Å². The summed E-state index contributed by atoms with van der Waals surface area (Å²) in [7, 11) is 1.36. The first-order valence-electron chi connectivity index (χ1n) is 13.3. The summed E-state index contributed by atoms with van der Waals surface area (Å²) in [6.45, 7) is 5.54. The highest BCUT2D eigenvalue weighted by molar-refractivity contribution is 6.09. The van der Waals surface area contributed by atoms with E-state index in [4.69, 9.17) is 9.72 Å². The Hall–Kier alpha value is -4.19. The first-order chi connectivity index (χ1) is 18.6. The number of aromatic nitrogens is 3. The number of carbonyl (C=O) groups is 1. The van der Waals surface area contributed by atoms with Crippen LogP contribution in [0.5, 0.6) is 0 Å². The van der Waals surface area contributed by atoms with Crippen molar-refractivity contribution in [2.45, 2.75) is 52.6 Å². The van der Waals surface area contributed by atoms with Gasteiger partial charge in [0.2, 0.25) is 0 Å². The molecule has 0 aliphatic carbocycles. The molecule has 38 heavy (non-hydrogen) atoms. The molecule has 5 rings (SSSR count). The Morgan fingerprint density at radius 1 is 0.868 bits per heavy atom. The molecule has 0 saturated heterocycles. The lowest BCUT2D eigenvalue weighted by molar-refractivity contribution is 0.0603. The van der Waals surface area contributed by atoms with Crippen LogP contribution in [-0.2, 0) is 24.2 Å². The van der Waals surface area contributed by atoms with Crippen LogP contribution in [0.1, 0.15) is 54.9 Å². The number of aryl methyl sites for hydroxylation is 2. The van der Waals surface area contributed by atoms with Gasteiger partial charge in [0.1, 0.15) is 5.82 Å². The molecule has 0 atom stereocenters. The van der Waals surface area contributed by atoms with E-state index in [1.54, 1.807) is 4.57 Å². The van der Waals surface area contributed by atoms with Crippen molar-refractivity contribution in [2.75, 3.05) is 7.11 Å². The van der Waals surface area contributed by atoms with Gasteiger partial charge in [-0.2, -0.15) is 0 Å². The van der Waals surface area contributed by atoms with Gasteiger partial charge in [0.15, 0.2) is 0 Å². The Bertz CT molecular complexity index is 1660. The van der Waals surface area contributed by atoms with Crippen LogP contribution < -0.4 is 5.56 Å². The van der Waals surface area contributed by atoms with E-state index in [0.29, 0.717) is 29.8 Å². The number of fused-ring (bicyclic) bond motifs is 2. The summed E-state index contributed by atoms with van der Waals surface area (Å²) in [5, 5.41) is 0.725. The summed E-state index contributed by atoms with van der Waals surface area (Å²) in [6, 6.07) is 23.7. The zero-order valence-electron chi connectivity index (χ0n) is 22.2. The molecule has 0 aliphatic heterocycles. The number of benzene rings is 3. The molecule has 0 radical (unpaired) electrons. The lowest BCUT2D eigenvalue weighted by Gasteiger charge is -2.17. The Labute approximate surface area is 222 Å². The molecule has 0 unspecified atom stereocenters. The van der Waals surface area contributed by atoms with Gasteiger partial charge in [0, 0.05) is 24.9 Å². The van der Waals surface area contributed by atoms with Crippen molar-refractivity contribution in [3.8, 4) is 11.1 Å². The number of pyridine rings is 1. The molecule has 6 heteroatoms. The monoisotopic (exact) mass is 507 g/mol. The van der Waals surface area contributed by atoms with E-state index in [2.05, 4.69) is 24.5 Å². The molecule has 6 nitrogen and oxygen atoms in total. The van der Waals surface area contributed by atoms with E-state index in [1.165, 1.54) is 7.11 Å². The van der Waals surface area contributed by atoms with E-state index in [1.807, 2.05) is 66.7 Å². The fourth-order valence-corrected chi connectivity index (χ4v) is 5.20. The molecule has 0 spiro atoms. The molecule has 0 aliphatic rings. The summed E-state index contributed by atoms with van der Waals surface area (Å²) < 4.78 is 9.22. The van der Waals surface area contributed by atoms with Gasteiger partial charge in [-0.15, -0.1) is 0 Å². The lowest BCUT2D eigenvalue weighted by Crippen LogP contribution is -2.26. The van der Waals surface area contributed by atoms with Crippen LogP contribution in [-0.4, -0.2) is 27.2 Å². The van der Waals surface area contributed by atoms with Crippen molar-refractivity contribution in [3.05, 3.63) is 100 Å². The lowest BCUT2D eigenvalue weighted by atomic mass is 9.96. The normalized spacial score (nSPS) is 11.3. The highest BCUT2D eigenvalue weighted by Crippen LogP contribution is 2.29. The Morgan fingerprint density at radius 2 is 1.58 bits per heavy atom. The van der Waals surface area contributed by atoms with Gasteiger partial charge < -0.3 is 13.9 Å². The molecular formula is C32H33N3O3. The standard InChI is InChI=1S/C32H33N3O3/c1-4-6-20-34-26-14-9-7-12-24(26)30(32(37)38-3)29(31(34)36)23-18-16-22(17-19-23)21-35-27-15-10-8-13-25(27)33-28(35)11-5-2/h7-10,12-19H,4-6,11,20-21H2,1-3H3. The SMILES string of the molecule is CCCCn1c(=O)c(-c2ccc(Cn3c(CCC)nc4ccccc43)cc2)c(C(=O)OC)c2ccccc21. The summed E-state index contributed by atoms with van der Waals surface area (Å²) >= 11 is 0. The highest BCUT2D eigenvalue weighted by atomic mass is 16.5. The van der Waals surface area contributed by atoms with Gasteiger partial charge in [-0.3, -0.25) is 4.79 Å². The van der Waals surface area contributed by atoms with E-state index in [0.717, 1.165) is 59.0 Å². The zero-order chi connectivity index (χ0) is 26.6. The van der Waals surface area contributed by atoms with Crippen molar-refractivity contribution in [1.29, 1.82) is 0 Å². The van der Waals surface area contributed by atoms with Gasteiger partial charge in [-0.25, -0.2) is 9.78 Å². The number of para-hydroxylation sites is 3. The topological polar surface area (TPSA) is 66.1 Å². The maximum atomic E-state index is 13.9. The smallest absolute Gasteiger partial charge is 0.339 e. The molecule has 2 aromatic heterocycles. The number of imidazole rings is 1. The van der Waals surface area contributed by atoms with Gasteiger partial charge in [-0.1, -0.05) is 74.9 Å². The van der Waals surface area contributed by atoms with Crippen LogP contribution in [0.2, 0.25) is 0 Å². The van der Waals surface area contributed by atoms with Crippen molar-refractivity contribution in [2.24, 2.45) is 0 Å². The summed E-state index contributed by atoms with van der Waals surface area (Å²) in [4.78, 5) is 31.7. The fourth-order valence-electron chi connectivity index (χ4n) is 5.20. The molecule has 194 valence electrons. The predicted molar refractivity (Wildman–Crippen MR) is 153 cm³/mol. The molecule has 0 N–H and O–H groups in total. The maximum absolute atomic E-state index is 13.9. The Balaban J connectivity index is 1.62. The van der Waals surface area contributed by atoms with Crippen LogP contribution in [0.15, 0.2) is 77.6 Å². The van der Waals surface area contributed by atoms with Gasteiger partial charge in [0.05, 0.1) is 34.8 Å². The summed E-state index contributed by atoms with van der Waals surface area (Å²) in [5.41, 5.74) is 5.21. The summed E-state index contributed by atoms with van der Waals surface area (Å²) in [5.74, 6) is 0.563. The first-order valence-corrected chi connectivity index (χ1v) is 13.3. The van der Waals surface area contributed by atoms with E-state index >= 15 is 0 Å². The minimum Gasteiger partial charge on any atom is -0.465 e. The third-order valence-corrected chi connectivity index (χ3v) is 7.09.